The Morgan fingerprint density at radius 3 is 2.08 bits per heavy atom. The van der Waals surface area contributed by atoms with Crippen molar-refractivity contribution in [3.8, 4) is 0 Å². The number of ether oxygens (including phenoxy) is 1. The van der Waals surface area contributed by atoms with Crippen molar-refractivity contribution < 1.29 is 9.53 Å². The Hall–Kier alpha value is -0.830. The lowest BCUT2D eigenvalue weighted by molar-refractivity contribution is -0.138. The molecule has 0 aromatic heterocycles. The standard InChI is InChI=1S/C10H18O2.H3N/c1-5-7-9(8(3)4)10(11)12-6-2;/h5-7H2,1-4H3;1H3. The van der Waals surface area contributed by atoms with Crippen LogP contribution in [0, 0.1) is 0 Å². The van der Waals surface area contributed by atoms with Crippen LogP contribution in [-0.4, -0.2) is 12.6 Å². The summed E-state index contributed by atoms with van der Waals surface area (Å²) in [5.74, 6) is -0.153. The Kier molecular flexibility index (Phi) is 8.81. The van der Waals surface area contributed by atoms with E-state index in [1.165, 1.54) is 0 Å². The highest BCUT2D eigenvalue weighted by Crippen LogP contribution is 2.12. The molecule has 0 unspecified atom stereocenters. The van der Waals surface area contributed by atoms with Crippen LogP contribution in [0.3, 0.4) is 0 Å². The molecular weight excluding hydrogens is 166 g/mol. The summed E-state index contributed by atoms with van der Waals surface area (Å²) >= 11 is 0. The lowest BCUT2D eigenvalue weighted by Gasteiger charge is -2.07. The predicted molar refractivity (Wildman–Crippen MR) is 54.9 cm³/mol. The van der Waals surface area contributed by atoms with Gasteiger partial charge in [0.15, 0.2) is 0 Å². The van der Waals surface area contributed by atoms with E-state index in [0.717, 1.165) is 24.0 Å². The molecule has 0 fully saturated rings. The SMILES string of the molecule is CCCC(C(=O)OCC)=C(C)C.N. The third-order valence-corrected chi connectivity index (χ3v) is 1.63. The molecule has 0 saturated heterocycles. The highest BCUT2D eigenvalue weighted by molar-refractivity contribution is 5.89. The van der Waals surface area contributed by atoms with Crippen molar-refractivity contribution in [1.29, 1.82) is 0 Å². The van der Waals surface area contributed by atoms with Gasteiger partial charge in [0.25, 0.3) is 0 Å². The minimum absolute atomic E-state index is 0. The number of hydrogen-bond donors (Lipinski definition) is 1. The predicted octanol–water partition coefficient (Wildman–Crippen LogP) is 2.85. The van der Waals surface area contributed by atoms with Gasteiger partial charge < -0.3 is 10.9 Å². The summed E-state index contributed by atoms with van der Waals surface area (Å²) in [6, 6.07) is 0. The third-order valence-electron chi connectivity index (χ3n) is 1.63. The fourth-order valence-electron chi connectivity index (χ4n) is 1.02. The van der Waals surface area contributed by atoms with Crippen molar-refractivity contribution in [3.63, 3.8) is 0 Å². The molecule has 0 rings (SSSR count). The fraction of sp³-hybridized carbons (Fsp3) is 0.700. The first-order chi connectivity index (χ1) is 5.63. The third kappa shape index (κ3) is 5.42. The molecule has 78 valence electrons. The molecule has 3 heteroatoms. The van der Waals surface area contributed by atoms with Gasteiger partial charge in [0.2, 0.25) is 0 Å². The minimum Gasteiger partial charge on any atom is -0.463 e. The van der Waals surface area contributed by atoms with Crippen LogP contribution >= 0.6 is 0 Å². The number of hydrogen-bond acceptors (Lipinski definition) is 3. The second kappa shape index (κ2) is 7.80. The van der Waals surface area contributed by atoms with Gasteiger partial charge in [0, 0.05) is 5.57 Å². The van der Waals surface area contributed by atoms with Crippen molar-refractivity contribution in [2.45, 2.75) is 40.5 Å². The second-order valence-electron chi connectivity index (χ2n) is 2.95. The summed E-state index contributed by atoms with van der Waals surface area (Å²) in [6.07, 6.45) is 1.81. The van der Waals surface area contributed by atoms with Crippen LogP contribution in [0.5, 0.6) is 0 Å². The van der Waals surface area contributed by atoms with Crippen LogP contribution < -0.4 is 6.15 Å². The van der Waals surface area contributed by atoms with E-state index in [-0.39, 0.29) is 12.1 Å². The van der Waals surface area contributed by atoms with Gasteiger partial charge in [-0.1, -0.05) is 18.9 Å². The molecule has 0 radical (unpaired) electrons. The quantitative estimate of drug-likeness (QED) is 0.543. The van der Waals surface area contributed by atoms with Crippen LogP contribution in [0.15, 0.2) is 11.1 Å². The molecule has 3 N–H and O–H groups in total. The van der Waals surface area contributed by atoms with E-state index in [1.807, 2.05) is 20.8 Å². The van der Waals surface area contributed by atoms with Crippen LogP contribution in [0.1, 0.15) is 40.5 Å². The Labute approximate surface area is 80.7 Å². The zero-order chi connectivity index (χ0) is 9.56. The largest absolute Gasteiger partial charge is 0.463 e. The normalized spacial score (nSPS) is 8.62. The first kappa shape index (κ1) is 14.7. The molecule has 0 bridgehead atoms. The Balaban J connectivity index is 0. The summed E-state index contributed by atoms with van der Waals surface area (Å²) < 4.78 is 4.92. The summed E-state index contributed by atoms with van der Waals surface area (Å²) in [6.45, 7) is 8.23. The van der Waals surface area contributed by atoms with E-state index >= 15 is 0 Å². The van der Waals surface area contributed by atoms with Crippen molar-refractivity contribution in [2.24, 2.45) is 0 Å². The van der Waals surface area contributed by atoms with E-state index in [2.05, 4.69) is 6.92 Å². The van der Waals surface area contributed by atoms with Gasteiger partial charge in [-0.05, 0) is 27.2 Å². The van der Waals surface area contributed by atoms with E-state index in [0.29, 0.717) is 6.61 Å². The molecule has 3 nitrogen and oxygen atoms in total. The lowest BCUT2D eigenvalue weighted by Crippen LogP contribution is -2.08. The Morgan fingerprint density at radius 2 is 1.77 bits per heavy atom. The topological polar surface area (TPSA) is 61.3 Å². The van der Waals surface area contributed by atoms with E-state index in [4.69, 9.17) is 4.74 Å². The molecule has 0 spiro atoms. The molecule has 0 aliphatic carbocycles. The molecule has 13 heavy (non-hydrogen) atoms. The van der Waals surface area contributed by atoms with E-state index in [1.54, 1.807) is 0 Å². The van der Waals surface area contributed by atoms with Gasteiger partial charge in [-0.2, -0.15) is 0 Å². The molecule has 0 atom stereocenters. The summed E-state index contributed by atoms with van der Waals surface area (Å²) in [4.78, 5) is 11.3. The molecule has 0 saturated carbocycles. The number of esters is 1. The highest BCUT2D eigenvalue weighted by Gasteiger charge is 2.10. The van der Waals surface area contributed by atoms with Crippen molar-refractivity contribution in [2.75, 3.05) is 6.61 Å². The average Bonchev–Trinajstić information content (AvgIpc) is 1.99. The maximum atomic E-state index is 11.3. The van der Waals surface area contributed by atoms with Gasteiger partial charge in [-0.25, -0.2) is 4.79 Å². The summed E-state index contributed by atoms with van der Waals surface area (Å²) in [5, 5.41) is 0. The van der Waals surface area contributed by atoms with Crippen molar-refractivity contribution in [3.05, 3.63) is 11.1 Å². The summed E-state index contributed by atoms with van der Waals surface area (Å²) in [7, 11) is 0. The van der Waals surface area contributed by atoms with Gasteiger partial charge in [-0.15, -0.1) is 0 Å². The number of carbonyl (C=O) groups excluding carboxylic acids is 1. The summed E-state index contributed by atoms with van der Waals surface area (Å²) in [5.41, 5.74) is 1.90. The molecule has 0 amide bonds. The molecule has 0 aromatic rings. The molecule has 0 aliphatic heterocycles. The van der Waals surface area contributed by atoms with Crippen molar-refractivity contribution in [1.82, 2.24) is 6.15 Å². The fourth-order valence-corrected chi connectivity index (χ4v) is 1.02. The first-order valence-corrected chi connectivity index (χ1v) is 4.46. The Morgan fingerprint density at radius 1 is 1.23 bits per heavy atom. The monoisotopic (exact) mass is 187 g/mol. The average molecular weight is 187 g/mol. The molecular formula is C10H21NO2. The Bertz CT molecular complexity index is 181. The van der Waals surface area contributed by atoms with Crippen LogP contribution in [0.25, 0.3) is 0 Å². The molecule has 0 heterocycles. The first-order valence-electron chi connectivity index (χ1n) is 4.46. The maximum absolute atomic E-state index is 11.3. The van der Waals surface area contributed by atoms with Crippen molar-refractivity contribution >= 4 is 5.97 Å². The van der Waals surface area contributed by atoms with E-state index < -0.39 is 0 Å². The van der Waals surface area contributed by atoms with Crippen LogP contribution in [0.4, 0.5) is 0 Å². The van der Waals surface area contributed by atoms with Crippen LogP contribution in [0.2, 0.25) is 0 Å². The number of rotatable bonds is 4. The highest BCUT2D eigenvalue weighted by atomic mass is 16.5. The number of carbonyl (C=O) groups is 1. The smallest absolute Gasteiger partial charge is 0.333 e. The van der Waals surface area contributed by atoms with Crippen LogP contribution in [-0.2, 0) is 9.53 Å². The minimum atomic E-state index is -0.153. The lowest BCUT2D eigenvalue weighted by atomic mass is 10.1. The second-order valence-corrected chi connectivity index (χ2v) is 2.95. The van der Waals surface area contributed by atoms with Gasteiger partial charge in [-0.3, -0.25) is 0 Å². The molecule has 0 aromatic carbocycles. The number of allylic oxidation sites excluding steroid dienone is 1. The maximum Gasteiger partial charge on any atom is 0.333 e. The van der Waals surface area contributed by atoms with E-state index in [9.17, 15) is 4.79 Å². The van der Waals surface area contributed by atoms with Gasteiger partial charge in [0.05, 0.1) is 6.61 Å². The van der Waals surface area contributed by atoms with Gasteiger partial charge in [0.1, 0.15) is 0 Å². The zero-order valence-electron chi connectivity index (χ0n) is 9.14. The zero-order valence-corrected chi connectivity index (χ0v) is 9.14. The molecule has 0 aliphatic rings. The van der Waals surface area contributed by atoms with Gasteiger partial charge >= 0.3 is 5.97 Å².